The van der Waals surface area contributed by atoms with Gasteiger partial charge in [0.15, 0.2) is 0 Å². The number of halogens is 1. The number of benzene rings is 2. The Hall–Kier alpha value is -2.80. The molecule has 1 unspecified atom stereocenters. The van der Waals surface area contributed by atoms with Crippen LogP contribution in [0.3, 0.4) is 0 Å². The van der Waals surface area contributed by atoms with Crippen molar-refractivity contribution in [3.05, 3.63) is 71.3 Å². The number of rotatable bonds is 10. The van der Waals surface area contributed by atoms with Gasteiger partial charge in [-0.05, 0) is 42.4 Å². The Bertz CT molecular complexity index is 1140. The minimum Gasteiger partial charge on any atom is -0.465 e. The van der Waals surface area contributed by atoms with Gasteiger partial charge >= 0.3 is 0 Å². The topological polar surface area (TPSA) is 56.1 Å². The van der Waals surface area contributed by atoms with Gasteiger partial charge in [0.2, 0.25) is 5.91 Å². The number of carbonyl (C=O) groups is 1. The van der Waals surface area contributed by atoms with E-state index in [1.807, 2.05) is 54.8 Å². The second-order valence-corrected chi connectivity index (χ2v) is 10.5. The molecule has 0 radical (unpaired) electrons. The molecule has 3 rings (SSSR count). The van der Waals surface area contributed by atoms with Crippen molar-refractivity contribution in [2.24, 2.45) is 5.41 Å². The Morgan fingerprint density at radius 2 is 1.86 bits per heavy atom. The highest BCUT2D eigenvalue weighted by atomic mass is 32.1. The van der Waals surface area contributed by atoms with Gasteiger partial charge in [-0.15, -0.1) is 0 Å². The third-order valence-corrected chi connectivity index (χ3v) is 6.17. The number of thiol groups is 1. The Kier molecular flexibility index (Phi) is 9.00. The summed E-state index contributed by atoms with van der Waals surface area (Å²) in [6.45, 7) is 11.1. The molecule has 0 spiro atoms. The van der Waals surface area contributed by atoms with E-state index in [1.165, 1.54) is 0 Å². The van der Waals surface area contributed by atoms with Crippen molar-refractivity contribution < 1.29 is 13.9 Å². The van der Waals surface area contributed by atoms with Gasteiger partial charge in [0.1, 0.15) is 5.82 Å². The molecule has 188 valence electrons. The number of hydrogen-bond donors (Lipinski definition) is 2. The summed E-state index contributed by atoms with van der Waals surface area (Å²) in [5, 5.41) is 2.59. The van der Waals surface area contributed by atoms with Crippen LogP contribution in [0.2, 0.25) is 0 Å². The molecule has 2 aromatic carbocycles. The van der Waals surface area contributed by atoms with Crippen LogP contribution in [0.25, 0.3) is 11.1 Å². The SMILES string of the molecule is CCOc1nc(CC)c(CNC(=O)C(S)CC(C)(C)C)n1Cc1ccc(-c2ccccc2)cc1F. The zero-order valence-electron chi connectivity index (χ0n) is 21.3. The third-order valence-electron chi connectivity index (χ3n) is 5.76. The van der Waals surface area contributed by atoms with Crippen molar-refractivity contribution in [1.29, 1.82) is 0 Å². The van der Waals surface area contributed by atoms with Gasteiger partial charge in [-0.1, -0.05) is 70.2 Å². The molecule has 0 aliphatic carbocycles. The maximum atomic E-state index is 15.2. The van der Waals surface area contributed by atoms with Crippen LogP contribution in [-0.2, 0) is 24.3 Å². The normalized spacial score (nSPS) is 12.4. The zero-order valence-corrected chi connectivity index (χ0v) is 22.2. The van der Waals surface area contributed by atoms with Crippen LogP contribution < -0.4 is 10.1 Å². The molecule has 1 N–H and O–H groups in total. The van der Waals surface area contributed by atoms with Crippen molar-refractivity contribution >= 4 is 18.5 Å². The Balaban J connectivity index is 1.87. The summed E-state index contributed by atoms with van der Waals surface area (Å²) in [4.78, 5) is 17.4. The predicted octanol–water partition coefficient (Wildman–Crippen LogP) is 6.05. The summed E-state index contributed by atoms with van der Waals surface area (Å²) < 4.78 is 22.8. The number of imidazole rings is 1. The molecule has 1 aromatic heterocycles. The number of carbonyl (C=O) groups excluding carboxylic acids is 1. The summed E-state index contributed by atoms with van der Waals surface area (Å²) in [5.41, 5.74) is 3.93. The fourth-order valence-corrected chi connectivity index (χ4v) is 4.65. The summed E-state index contributed by atoms with van der Waals surface area (Å²) >= 11 is 4.50. The maximum Gasteiger partial charge on any atom is 0.297 e. The molecule has 5 nitrogen and oxygen atoms in total. The molecule has 0 bridgehead atoms. The van der Waals surface area contributed by atoms with E-state index in [0.717, 1.165) is 22.5 Å². The molecule has 0 aliphatic heterocycles. The number of nitrogens with one attached hydrogen (secondary N) is 1. The number of ether oxygens (including phenoxy) is 1. The highest BCUT2D eigenvalue weighted by molar-refractivity contribution is 7.81. The van der Waals surface area contributed by atoms with Crippen LogP contribution in [0.4, 0.5) is 4.39 Å². The van der Waals surface area contributed by atoms with Gasteiger partial charge in [0, 0.05) is 5.56 Å². The minimum atomic E-state index is -0.411. The molecule has 1 heterocycles. The number of hydrogen-bond acceptors (Lipinski definition) is 4. The van der Waals surface area contributed by atoms with Crippen LogP contribution >= 0.6 is 12.6 Å². The van der Waals surface area contributed by atoms with E-state index in [0.29, 0.717) is 31.0 Å². The number of nitrogens with zero attached hydrogens (tertiary/aromatic N) is 2. The first-order valence-corrected chi connectivity index (χ1v) is 12.6. The standard InChI is InChI=1S/C28H36FN3O2S/c1-6-23-24(17-30-26(33)25(35)16-28(3,4)5)32(27(31-23)34-7-2)18-21-14-13-20(15-22(21)29)19-11-9-8-10-12-19/h8-15,25,35H,6-7,16-18H2,1-5H3,(H,30,33). The van der Waals surface area contributed by atoms with Crippen LogP contribution in [0.15, 0.2) is 48.5 Å². The fraction of sp³-hybridized carbons (Fsp3) is 0.429. The van der Waals surface area contributed by atoms with Gasteiger partial charge in [0.25, 0.3) is 6.01 Å². The quantitative estimate of drug-likeness (QED) is 0.335. The Morgan fingerprint density at radius 3 is 2.46 bits per heavy atom. The molecular formula is C28H36FN3O2S. The first-order chi connectivity index (χ1) is 16.6. The van der Waals surface area contributed by atoms with Gasteiger partial charge in [-0.2, -0.15) is 17.6 Å². The van der Waals surface area contributed by atoms with E-state index < -0.39 is 5.25 Å². The fourth-order valence-electron chi connectivity index (χ4n) is 4.01. The molecule has 7 heteroatoms. The highest BCUT2D eigenvalue weighted by Gasteiger charge is 2.24. The van der Waals surface area contributed by atoms with Crippen molar-refractivity contribution in [2.45, 2.75) is 65.8 Å². The van der Waals surface area contributed by atoms with Crippen LogP contribution in [0.5, 0.6) is 6.01 Å². The molecule has 0 fully saturated rings. The van der Waals surface area contributed by atoms with E-state index in [9.17, 15) is 4.79 Å². The first kappa shape index (κ1) is 26.8. The largest absolute Gasteiger partial charge is 0.465 e. The molecule has 35 heavy (non-hydrogen) atoms. The second-order valence-electron chi connectivity index (χ2n) is 9.83. The summed E-state index contributed by atoms with van der Waals surface area (Å²) in [6, 6.07) is 15.4. The lowest BCUT2D eigenvalue weighted by atomic mass is 9.90. The minimum absolute atomic E-state index is 0.00825. The molecule has 0 saturated heterocycles. The highest BCUT2D eigenvalue weighted by Crippen LogP contribution is 2.26. The van der Waals surface area contributed by atoms with Crippen LogP contribution in [0.1, 0.15) is 58.0 Å². The average Bonchev–Trinajstić information content (AvgIpc) is 3.14. The molecular weight excluding hydrogens is 461 g/mol. The van der Waals surface area contributed by atoms with Crippen molar-refractivity contribution in [2.75, 3.05) is 6.61 Å². The zero-order chi connectivity index (χ0) is 25.6. The van der Waals surface area contributed by atoms with Crippen molar-refractivity contribution in [1.82, 2.24) is 14.9 Å². The van der Waals surface area contributed by atoms with Crippen molar-refractivity contribution in [3.63, 3.8) is 0 Å². The van der Waals surface area contributed by atoms with Crippen LogP contribution in [0, 0.1) is 11.2 Å². The average molecular weight is 498 g/mol. The lowest BCUT2D eigenvalue weighted by Gasteiger charge is -2.22. The van der Waals surface area contributed by atoms with E-state index in [2.05, 4.69) is 43.7 Å². The molecule has 1 atom stereocenters. The summed E-state index contributed by atoms with van der Waals surface area (Å²) in [6.07, 6.45) is 1.32. The second kappa shape index (κ2) is 11.8. The van der Waals surface area contributed by atoms with Gasteiger partial charge < -0.3 is 10.1 Å². The summed E-state index contributed by atoms with van der Waals surface area (Å²) in [5.74, 6) is -0.425. The monoisotopic (exact) mass is 497 g/mol. The number of aromatic nitrogens is 2. The smallest absolute Gasteiger partial charge is 0.297 e. The van der Waals surface area contributed by atoms with E-state index >= 15 is 4.39 Å². The lowest BCUT2D eigenvalue weighted by Crippen LogP contribution is -2.34. The van der Waals surface area contributed by atoms with E-state index in [4.69, 9.17) is 4.74 Å². The van der Waals surface area contributed by atoms with E-state index in [1.54, 1.807) is 12.1 Å². The predicted molar refractivity (Wildman–Crippen MR) is 142 cm³/mol. The Morgan fingerprint density at radius 1 is 1.14 bits per heavy atom. The number of aryl methyl sites for hydroxylation is 1. The Labute approximate surface area is 213 Å². The molecule has 3 aromatic rings. The van der Waals surface area contributed by atoms with Gasteiger partial charge in [-0.25, -0.2) is 4.39 Å². The third kappa shape index (κ3) is 7.10. The number of amides is 1. The van der Waals surface area contributed by atoms with E-state index in [-0.39, 0.29) is 30.2 Å². The molecule has 1 amide bonds. The summed E-state index contributed by atoms with van der Waals surface area (Å²) in [7, 11) is 0. The van der Waals surface area contributed by atoms with Gasteiger partial charge in [0.05, 0.1) is 36.3 Å². The molecule has 0 saturated carbocycles. The maximum absolute atomic E-state index is 15.2. The van der Waals surface area contributed by atoms with Crippen LogP contribution in [-0.4, -0.2) is 27.3 Å². The van der Waals surface area contributed by atoms with Gasteiger partial charge in [-0.3, -0.25) is 9.36 Å². The van der Waals surface area contributed by atoms with Crippen molar-refractivity contribution in [3.8, 4) is 17.1 Å². The molecule has 0 aliphatic rings. The lowest BCUT2D eigenvalue weighted by molar-refractivity contribution is -0.121. The first-order valence-electron chi connectivity index (χ1n) is 12.1.